The van der Waals surface area contributed by atoms with Crippen LogP contribution in [0.2, 0.25) is 0 Å². The molecular formula is C14H15NO2S. The quantitative estimate of drug-likeness (QED) is 0.921. The Morgan fingerprint density at radius 2 is 1.61 bits per heavy atom. The lowest BCUT2D eigenvalue weighted by Crippen LogP contribution is -2.00. The Kier molecular flexibility index (Phi) is 3.50. The van der Waals surface area contributed by atoms with E-state index in [1.165, 1.54) is 6.26 Å². The summed E-state index contributed by atoms with van der Waals surface area (Å²) < 4.78 is 23.5. The van der Waals surface area contributed by atoms with Crippen molar-refractivity contribution >= 4 is 9.84 Å². The average Bonchev–Trinajstić information content (AvgIpc) is 2.38. The first-order valence-corrected chi connectivity index (χ1v) is 7.50. The zero-order valence-corrected chi connectivity index (χ0v) is 10.9. The monoisotopic (exact) mass is 261 g/mol. The molecule has 0 aromatic heterocycles. The molecule has 0 unspecified atom stereocenters. The van der Waals surface area contributed by atoms with Gasteiger partial charge < -0.3 is 5.73 Å². The molecule has 3 nitrogen and oxygen atoms in total. The lowest BCUT2D eigenvalue weighted by molar-refractivity contribution is 0.602. The molecule has 0 aliphatic heterocycles. The summed E-state index contributed by atoms with van der Waals surface area (Å²) in [5.74, 6) is 0. The van der Waals surface area contributed by atoms with Crippen molar-refractivity contribution in [3.05, 3.63) is 54.1 Å². The lowest BCUT2D eigenvalue weighted by Gasteiger charge is -2.08. The summed E-state index contributed by atoms with van der Waals surface area (Å²) in [4.78, 5) is 0.352. The molecule has 0 bridgehead atoms. The zero-order chi connectivity index (χ0) is 13.2. The van der Waals surface area contributed by atoms with Gasteiger partial charge in [-0.3, -0.25) is 0 Å². The van der Waals surface area contributed by atoms with Crippen LogP contribution in [0.5, 0.6) is 0 Å². The second-order valence-electron chi connectivity index (χ2n) is 4.17. The molecule has 2 aromatic rings. The topological polar surface area (TPSA) is 60.2 Å². The van der Waals surface area contributed by atoms with Crippen LogP contribution in [0.4, 0.5) is 0 Å². The Hall–Kier alpha value is -1.65. The molecule has 0 amide bonds. The van der Waals surface area contributed by atoms with Crippen LogP contribution in [0.25, 0.3) is 11.1 Å². The molecule has 0 spiro atoms. The van der Waals surface area contributed by atoms with E-state index in [1.807, 2.05) is 36.4 Å². The van der Waals surface area contributed by atoms with E-state index < -0.39 is 9.84 Å². The van der Waals surface area contributed by atoms with E-state index in [-0.39, 0.29) is 0 Å². The van der Waals surface area contributed by atoms with Gasteiger partial charge in [-0.15, -0.1) is 0 Å². The predicted molar refractivity (Wildman–Crippen MR) is 72.9 cm³/mol. The third-order valence-corrected chi connectivity index (χ3v) is 3.94. The van der Waals surface area contributed by atoms with Gasteiger partial charge in [-0.25, -0.2) is 8.42 Å². The summed E-state index contributed by atoms with van der Waals surface area (Å²) in [7, 11) is -3.22. The van der Waals surface area contributed by atoms with E-state index in [9.17, 15) is 8.42 Å². The molecule has 18 heavy (non-hydrogen) atoms. The number of hydrogen-bond donors (Lipinski definition) is 1. The Labute approximate surface area is 107 Å². The second-order valence-corrected chi connectivity index (χ2v) is 6.15. The standard InChI is InChI=1S/C14H15NO2S/c1-18(16,17)14-5-3-2-4-13(14)12-8-6-11(10-15)7-9-12/h2-9H,10,15H2,1H3. The lowest BCUT2D eigenvalue weighted by atomic mass is 10.0. The molecule has 0 fully saturated rings. The van der Waals surface area contributed by atoms with Gasteiger partial charge in [0.2, 0.25) is 0 Å². The Morgan fingerprint density at radius 1 is 1.00 bits per heavy atom. The third kappa shape index (κ3) is 2.60. The second kappa shape index (κ2) is 4.92. The van der Waals surface area contributed by atoms with E-state index in [4.69, 9.17) is 5.73 Å². The molecular weight excluding hydrogens is 246 g/mol. The van der Waals surface area contributed by atoms with Crippen LogP contribution in [-0.2, 0) is 16.4 Å². The highest BCUT2D eigenvalue weighted by atomic mass is 32.2. The summed E-state index contributed by atoms with van der Waals surface area (Å²) in [6, 6.07) is 14.6. The van der Waals surface area contributed by atoms with Gasteiger partial charge in [0.25, 0.3) is 0 Å². The highest BCUT2D eigenvalue weighted by molar-refractivity contribution is 7.90. The number of nitrogens with two attached hydrogens (primary N) is 1. The minimum atomic E-state index is -3.22. The number of rotatable bonds is 3. The summed E-state index contributed by atoms with van der Waals surface area (Å²) in [6.07, 6.45) is 1.22. The van der Waals surface area contributed by atoms with Gasteiger partial charge >= 0.3 is 0 Å². The highest BCUT2D eigenvalue weighted by Crippen LogP contribution is 2.27. The first kappa shape index (κ1) is 12.8. The molecule has 0 saturated carbocycles. The first-order chi connectivity index (χ1) is 8.52. The van der Waals surface area contributed by atoms with Crippen LogP contribution in [0.1, 0.15) is 5.56 Å². The molecule has 0 saturated heterocycles. The van der Waals surface area contributed by atoms with Crippen molar-refractivity contribution in [1.29, 1.82) is 0 Å². The first-order valence-electron chi connectivity index (χ1n) is 5.61. The number of hydrogen-bond acceptors (Lipinski definition) is 3. The van der Waals surface area contributed by atoms with Gasteiger partial charge in [0, 0.05) is 18.4 Å². The summed E-state index contributed by atoms with van der Waals surface area (Å²) >= 11 is 0. The number of sulfone groups is 1. The molecule has 2 aromatic carbocycles. The van der Waals surface area contributed by atoms with Crippen LogP contribution in [0, 0.1) is 0 Å². The van der Waals surface area contributed by atoms with E-state index >= 15 is 0 Å². The minimum Gasteiger partial charge on any atom is -0.326 e. The maximum absolute atomic E-state index is 11.7. The van der Waals surface area contributed by atoms with Gasteiger partial charge in [0.1, 0.15) is 0 Å². The van der Waals surface area contributed by atoms with Crippen molar-refractivity contribution in [2.45, 2.75) is 11.4 Å². The van der Waals surface area contributed by atoms with Gasteiger partial charge in [-0.2, -0.15) is 0 Å². The van der Waals surface area contributed by atoms with Crippen molar-refractivity contribution in [1.82, 2.24) is 0 Å². The predicted octanol–water partition coefficient (Wildman–Crippen LogP) is 2.22. The minimum absolute atomic E-state index is 0.352. The SMILES string of the molecule is CS(=O)(=O)c1ccccc1-c1ccc(CN)cc1. The van der Waals surface area contributed by atoms with E-state index in [0.717, 1.165) is 16.7 Å². The Bertz CT molecular complexity index is 646. The zero-order valence-electron chi connectivity index (χ0n) is 10.1. The molecule has 0 aliphatic rings. The van der Waals surface area contributed by atoms with Crippen molar-refractivity contribution < 1.29 is 8.42 Å². The summed E-state index contributed by atoms with van der Waals surface area (Å²) in [6.45, 7) is 0.480. The normalized spacial score (nSPS) is 11.4. The molecule has 0 atom stereocenters. The van der Waals surface area contributed by atoms with Crippen LogP contribution >= 0.6 is 0 Å². The smallest absolute Gasteiger partial charge is 0.176 e. The van der Waals surface area contributed by atoms with E-state index in [0.29, 0.717) is 11.4 Å². The Balaban J connectivity index is 2.57. The van der Waals surface area contributed by atoms with Crippen molar-refractivity contribution in [2.75, 3.05) is 6.26 Å². The molecule has 2 rings (SSSR count). The number of benzene rings is 2. The summed E-state index contributed by atoms with van der Waals surface area (Å²) in [5.41, 5.74) is 8.17. The fourth-order valence-corrected chi connectivity index (χ4v) is 2.76. The van der Waals surface area contributed by atoms with Crippen molar-refractivity contribution in [3.63, 3.8) is 0 Å². The molecule has 2 N–H and O–H groups in total. The maximum Gasteiger partial charge on any atom is 0.176 e. The average molecular weight is 261 g/mol. The fourth-order valence-electron chi connectivity index (χ4n) is 1.85. The Morgan fingerprint density at radius 3 is 2.17 bits per heavy atom. The van der Waals surface area contributed by atoms with Gasteiger partial charge in [-0.05, 0) is 17.2 Å². The maximum atomic E-state index is 11.7. The molecule has 0 radical (unpaired) electrons. The molecule has 0 aliphatic carbocycles. The summed E-state index contributed by atoms with van der Waals surface area (Å²) in [5, 5.41) is 0. The third-order valence-electron chi connectivity index (χ3n) is 2.79. The molecule has 4 heteroatoms. The molecule has 0 heterocycles. The van der Waals surface area contributed by atoms with Crippen LogP contribution < -0.4 is 5.73 Å². The fraction of sp³-hybridized carbons (Fsp3) is 0.143. The van der Waals surface area contributed by atoms with Crippen LogP contribution in [-0.4, -0.2) is 14.7 Å². The van der Waals surface area contributed by atoms with Gasteiger partial charge in [0.05, 0.1) is 4.90 Å². The largest absolute Gasteiger partial charge is 0.326 e. The van der Waals surface area contributed by atoms with Gasteiger partial charge in [0.15, 0.2) is 9.84 Å². The van der Waals surface area contributed by atoms with Crippen molar-refractivity contribution in [3.8, 4) is 11.1 Å². The van der Waals surface area contributed by atoms with Gasteiger partial charge in [-0.1, -0.05) is 42.5 Å². The van der Waals surface area contributed by atoms with Crippen molar-refractivity contribution in [2.24, 2.45) is 5.73 Å². The highest BCUT2D eigenvalue weighted by Gasteiger charge is 2.13. The molecule has 94 valence electrons. The van der Waals surface area contributed by atoms with E-state index in [2.05, 4.69) is 0 Å². The van der Waals surface area contributed by atoms with Crippen LogP contribution in [0.15, 0.2) is 53.4 Å². The van der Waals surface area contributed by atoms with Crippen LogP contribution in [0.3, 0.4) is 0 Å². The van der Waals surface area contributed by atoms with E-state index in [1.54, 1.807) is 12.1 Å².